The van der Waals surface area contributed by atoms with Crippen LogP contribution in [0.5, 0.6) is 5.75 Å². The molecule has 3 aromatic rings. The normalized spacial score (nSPS) is 14.3. The van der Waals surface area contributed by atoms with Gasteiger partial charge in [-0.25, -0.2) is 0 Å². The zero-order valence-corrected chi connectivity index (χ0v) is 16.4. The Labute approximate surface area is 156 Å². The lowest BCUT2D eigenvalue weighted by atomic mass is 9.82. The van der Waals surface area contributed by atoms with Gasteiger partial charge in [-0.3, -0.25) is 0 Å². The summed E-state index contributed by atoms with van der Waals surface area (Å²) in [6.45, 7) is 9.08. The van der Waals surface area contributed by atoms with Crippen LogP contribution in [0.4, 0.5) is 0 Å². The lowest BCUT2D eigenvalue weighted by molar-refractivity contribution is 0.248. The topological polar surface area (TPSA) is 34.4 Å². The molecule has 0 unspecified atom stereocenters. The Kier molecular flexibility index (Phi) is 5.38. The molecular formula is C23H29NO2. The van der Waals surface area contributed by atoms with Crippen LogP contribution in [0.25, 0.3) is 11.0 Å². The zero-order valence-electron chi connectivity index (χ0n) is 16.4. The molecule has 2 atom stereocenters. The number of hydrogen-bond donors (Lipinski definition) is 1. The fraction of sp³-hybridized carbons (Fsp3) is 0.391. The van der Waals surface area contributed by atoms with Crippen molar-refractivity contribution in [3.05, 3.63) is 65.9 Å². The first-order chi connectivity index (χ1) is 12.4. The largest absolute Gasteiger partial charge is 0.493 e. The third kappa shape index (κ3) is 3.94. The number of para-hydroxylation sites is 1. The van der Waals surface area contributed by atoms with E-state index in [1.54, 1.807) is 7.11 Å². The van der Waals surface area contributed by atoms with Crippen LogP contribution in [0.3, 0.4) is 0 Å². The van der Waals surface area contributed by atoms with Gasteiger partial charge in [-0.15, -0.1) is 0 Å². The van der Waals surface area contributed by atoms with Crippen LogP contribution < -0.4 is 10.1 Å². The standard InChI is InChI=1S/C23H29NO2/c1-16(17-10-7-6-8-11-17)24-21(23(2,3)4)14-18-15-26-22-19(18)12-9-13-20(22)25-5/h6-13,15-16,21,24H,14H2,1-5H3/t16-,21-/m1/s1. The molecule has 0 radical (unpaired) electrons. The predicted molar refractivity (Wildman–Crippen MR) is 108 cm³/mol. The predicted octanol–water partition coefficient (Wildman–Crippen LogP) is 5.75. The van der Waals surface area contributed by atoms with Crippen molar-refractivity contribution in [1.82, 2.24) is 5.32 Å². The SMILES string of the molecule is COc1cccc2c(C[C@@H](N[C@H](C)c3ccccc3)C(C)(C)C)coc12. The minimum atomic E-state index is 0.117. The summed E-state index contributed by atoms with van der Waals surface area (Å²) in [6.07, 6.45) is 2.78. The maximum Gasteiger partial charge on any atom is 0.175 e. The molecule has 3 rings (SSSR count). The summed E-state index contributed by atoms with van der Waals surface area (Å²) in [5.41, 5.74) is 3.46. The minimum Gasteiger partial charge on any atom is -0.493 e. The fourth-order valence-electron chi connectivity index (χ4n) is 3.38. The molecule has 1 N–H and O–H groups in total. The van der Waals surface area contributed by atoms with E-state index in [0.29, 0.717) is 6.04 Å². The number of rotatable bonds is 6. The van der Waals surface area contributed by atoms with Gasteiger partial charge in [0.15, 0.2) is 11.3 Å². The summed E-state index contributed by atoms with van der Waals surface area (Å²) in [4.78, 5) is 0. The maximum absolute atomic E-state index is 5.82. The lowest BCUT2D eigenvalue weighted by Gasteiger charge is -2.34. The highest BCUT2D eigenvalue weighted by Crippen LogP contribution is 2.33. The van der Waals surface area contributed by atoms with Crippen molar-refractivity contribution in [3.8, 4) is 5.75 Å². The van der Waals surface area contributed by atoms with Gasteiger partial charge < -0.3 is 14.5 Å². The van der Waals surface area contributed by atoms with E-state index in [1.807, 2.05) is 18.4 Å². The second kappa shape index (κ2) is 7.55. The van der Waals surface area contributed by atoms with Gasteiger partial charge in [0.2, 0.25) is 0 Å². The second-order valence-electron chi connectivity index (χ2n) is 8.02. The Morgan fingerprint density at radius 2 is 1.77 bits per heavy atom. The highest BCUT2D eigenvalue weighted by Gasteiger charge is 2.27. The third-order valence-electron chi connectivity index (χ3n) is 5.08. The second-order valence-corrected chi connectivity index (χ2v) is 8.02. The van der Waals surface area contributed by atoms with E-state index in [9.17, 15) is 0 Å². The Morgan fingerprint density at radius 3 is 2.42 bits per heavy atom. The molecule has 138 valence electrons. The molecule has 0 saturated heterocycles. The van der Waals surface area contributed by atoms with E-state index in [4.69, 9.17) is 9.15 Å². The molecule has 0 amide bonds. The molecule has 3 nitrogen and oxygen atoms in total. The summed E-state index contributed by atoms with van der Waals surface area (Å²) >= 11 is 0. The molecule has 0 aliphatic heterocycles. The molecule has 0 aliphatic carbocycles. The Hall–Kier alpha value is -2.26. The summed E-state index contributed by atoms with van der Waals surface area (Å²) in [6, 6.07) is 17.3. The molecule has 3 heteroatoms. The first kappa shape index (κ1) is 18.5. The van der Waals surface area contributed by atoms with Crippen molar-refractivity contribution in [1.29, 1.82) is 0 Å². The Bertz CT molecular complexity index is 846. The van der Waals surface area contributed by atoms with Gasteiger partial charge in [0.1, 0.15) is 0 Å². The van der Waals surface area contributed by atoms with Crippen molar-refractivity contribution in [2.24, 2.45) is 5.41 Å². The summed E-state index contributed by atoms with van der Waals surface area (Å²) in [7, 11) is 1.68. The monoisotopic (exact) mass is 351 g/mol. The molecule has 0 bridgehead atoms. The highest BCUT2D eigenvalue weighted by atomic mass is 16.5. The number of nitrogens with one attached hydrogen (secondary N) is 1. The van der Waals surface area contributed by atoms with Crippen LogP contribution in [-0.4, -0.2) is 13.2 Å². The summed E-state index contributed by atoms with van der Waals surface area (Å²) in [5.74, 6) is 0.784. The number of fused-ring (bicyclic) bond motifs is 1. The van der Waals surface area contributed by atoms with Gasteiger partial charge in [-0.2, -0.15) is 0 Å². The van der Waals surface area contributed by atoms with Crippen molar-refractivity contribution >= 4 is 11.0 Å². The molecular weight excluding hydrogens is 322 g/mol. The van der Waals surface area contributed by atoms with Gasteiger partial charge in [-0.05, 0) is 36.0 Å². The minimum absolute atomic E-state index is 0.117. The van der Waals surface area contributed by atoms with Crippen molar-refractivity contribution in [2.45, 2.75) is 46.2 Å². The van der Waals surface area contributed by atoms with E-state index >= 15 is 0 Å². The van der Waals surface area contributed by atoms with Crippen LogP contribution in [0, 0.1) is 5.41 Å². The van der Waals surface area contributed by atoms with Crippen molar-refractivity contribution in [3.63, 3.8) is 0 Å². The van der Waals surface area contributed by atoms with Crippen LogP contribution in [0.1, 0.15) is 44.9 Å². The smallest absolute Gasteiger partial charge is 0.175 e. The van der Waals surface area contributed by atoms with E-state index < -0.39 is 0 Å². The molecule has 1 aromatic heterocycles. The van der Waals surface area contributed by atoms with Crippen LogP contribution in [-0.2, 0) is 6.42 Å². The summed E-state index contributed by atoms with van der Waals surface area (Å²) < 4.78 is 11.2. The van der Waals surface area contributed by atoms with Gasteiger partial charge >= 0.3 is 0 Å². The Balaban J connectivity index is 1.86. The Morgan fingerprint density at radius 1 is 1.04 bits per heavy atom. The molecule has 0 aliphatic rings. The number of furan rings is 1. The molecule has 26 heavy (non-hydrogen) atoms. The van der Waals surface area contributed by atoms with E-state index in [1.165, 1.54) is 11.1 Å². The third-order valence-corrected chi connectivity index (χ3v) is 5.08. The van der Waals surface area contributed by atoms with Crippen LogP contribution in [0.15, 0.2) is 59.2 Å². The highest BCUT2D eigenvalue weighted by molar-refractivity contribution is 5.86. The molecule has 0 fully saturated rings. The average Bonchev–Trinajstić information content (AvgIpc) is 3.04. The first-order valence-corrected chi connectivity index (χ1v) is 9.24. The zero-order chi connectivity index (χ0) is 18.7. The summed E-state index contributed by atoms with van der Waals surface area (Å²) in [5, 5.41) is 4.96. The van der Waals surface area contributed by atoms with E-state index in [0.717, 1.165) is 23.1 Å². The van der Waals surface area contributed by atoms with Crippen molar-refractivity contribution in [2.75, 3.05) is 7.11 Å². The van der Waals surface area contributed by atoms with Gasteiger partial charge in [0.25, 0.3) is 0 Å². The molecule has 0 saturated carbocycles. The van der Waals surface area contributed by atoms with E-state index in [-0.39, 0.29) is 11.5 Å². The van der Waals surface area contributed by atoms with Gasteiger partial charge in [0.05, 0.1) is 13.4 Å². The number of methoxy groups -OCH3 is 1. The lowest BCUT2D eigenvalue weighted by Crippen LogP contribution is -2.43. The molecule has 1 heterocycles. The number of hydrogen-bond acceptors (Lipinski definition) is 3. The van der Waals surface area contributed by atoms with Gasteiger partial charge in [0, 0.05) is 17.5 Å². The molecule has 2 aromatic carbocycles. The van der Waals surface area contributed by atoms with E-state index in [2.05, 4.69) is 69.4 Å². The average molecular weight is 351 g/mol. The van der Waals surface area contributed by atoms with Crippen LogP contribution in [0.2, 0.25) is 0 Å². The quantitative estimate of drug-likeness (QED) is 0.614. The maximum atomic E-state index is 5.82. The van der Waals surface area contributed by atoms with Gasteiger partial charge in [-0.1, -0.05) is 63.2 Å². The fourth-order valence-corrected chi connectivity index (χ4v) is 3.38. The number of ether oxygens (including phenoxy) is 1. The molecule has 0 spiro atoms. The van der Waals surface area contributed by atoms with Crippen molar-refractivity contribution < 1.29 is 9.15 Å². The first-order valence-electron chi connectivity index (χ1n) is 9.24. The van der Waals surface area contributed by atoms with Crippen LogP contribution >= 0.6 is 0 Å². The number of benzene rings is 2.